The predicted octanol–water partition coefficient (Wildman–Crippen LogP) is 3.18. The Bertz CT molecular complexity index is 656. The third-order valence-corrected chi connectivity index (χ3v) is 3.96. The summed E-state index contributed by atoms with van der Waals surface area (Å²) in [7, 11) is 7.05. The van der Waals surface area contributed by atoms with E-state index in [1.165, 1.54) is 46.0 Å². The van der Waals surface area contributed by atoms with Gasteiger partial charge < -0.3 is 24.2 Å². The Morgan fingerprint density at radius 2 is 1.32 bits per heavy atom. The second kappa shape index (κ2) is 20.8. The summed E-state index contributed by atoms with van der Waals surface area (Å²) in [5.41, 5.74) is -0.374. The molecule has 0 radical (unpaired) electrons. The van der Waals surface area contributed by atoms with Crippen LogP contribution in [-0.4, -0.2) is 80.1 Å². The van der Waals surface area contributed by atoms with E-state index in [-0.39, 0.29) is 23.4 Å². The van der Waals surface area contributed by atoms with Crippen LogP contribution in [0.1, 0.15) is 18.9 Å². The lowest BCUT2D eigenvalue weighted by Crippen LogP contribution is -1.99. The Hall–Kier alpha value is -2.44. The van der Waals surface area contributed by atoms with Crippen LogP contribution in [0.4, 0.5) is 11.4 Å². The van der Waals surface area contributed by atoms with Crippen LogP contribution in [0.5, 0.6) is 0 Å². The summed E-state index contributed by atoms with van der Waals surface area (Å²) in [5.74, 6) is -0.745. The highest BCUT2D eigenvalue weighted by atomic mass is 31.2. The number of hydrogen-bond donors (Lipinski definition) is 2. The summed E-state index contributed by atoms with van der Waals surface area (Å²) in [6, 6.07) is 3.77. The molecule has 0 amide bonds. The summed E-state index contributed by atoms with van der Waals surface area (Å²) in [6.07, 6.45) is 0.222. The summed E-state index contributed by atoms with van der Waals surface area (Å²) in [5, 5.41) is 35.5. The van der Waals surface area contributed by atoms with E-state index in [0.29, 0.717) is 0 Å². The van der Waals surface area contributed by atoms with Crippen LogP contribution in [-0.2, 0) is 18.4 Å². The van der Waals surface area contributed by atoms with Crippen LogP contribution in [0.3, 0.4) is 0 Å². The standard InChI is InChI=1S/C7H6N2O4.C3H9N.C3H9O3P.C3H6O2.CH4O/c1-5-6(8(10)11)3-2-4-7(5)9(12)13;1-4(2)3;1-5-7(3,4)6-2;1-2-3(4)5;1-2/h2-4H,1H3;1-3H3;1-3H3;2H2,1H3,(H,4,5);2H,1H3. The number of carboxylic acids is 1. The zero-order valence-corrected chi connectivity index (χ0v) is 20.3. The molecule has 0 bridgehead atoms. The number of aliphatic carboxylic acids is 1. The van der Waals surface area contributed by atoms with E-state index < -0.39 is 23.4 Å². The van der Waals surface area contributed by atoms with Crippen molar-refractivity contribution in [1.82, 2.24) is 4.90 Å². The molecule has 0 saturated heterocycles. The van der Waals surface area contributed by atoms with Crippen LogP contribution < -0.4 is 0 Å². The van der Waals surface area contributed by atoms with Crippen molar-refractivity contribution in [2.24, 2.45) is 0 Å². The Morgan fingerprint density at radius 1 is 1.06 bits per heavy atom. The topological polar surface area (TPSA) is 183 Å². The molecule has 14 heteroatoms. The van der Waals surface area contributed by atoms with Crippen LogP contribution in [0.25, 0.3) is 0 Å². The molecular formula is C17H34N3O10P. The average Bonchev–Trinajstić information content (AvgIpc) is 2.69. The van der Waals surface area contributed by atoms with Gasteiger partial charge in [-0.1, -0.05) is 6.92 Å². The zero-order chi connectivity index (χ0) is 25.8. The van der Waals surface area contributed by atoms with Crippen molar-refractivity contribution in [3.8, 4) is 0 Å². The van der Waals surface area contributed by atoms with Crippen molar-refractivity contribution in [1.29, 1.82) is 0 Å². The van der Waals surface area contributed by atoms with E-state index in [1.807, 2.05) is 26.0 Å². The summed E-state index contributed by atoms with van der Waals surface area (Å²) >= 11 is 0. The van der Waals surface area contributed by atoms with Gasteiger partial charge in [-0.3, -0.25) is 29.6 Å². The van der Waals surface area contributed by atoms with E-state index in [4.69, 9.17) is 10.2 Å². The SMILES string of the molecule is CCC(=O)O.CN(C)C.CO.COP(C)(=O)OC.Cc1c([N+](=O)[O-])cccc1[N+](=O)[O-]. The predicted molar refractivity (Wildman–Crippen MR) is 118 cm³/mol. The molecule has 0 spiro atoms. The average molecular weight is 471 g/mol. The molecule has 13 nitrogen and oxygen atoms in total. The van der Waals surface area contributed by atoms with Gasteiger partial charge in [0.25, 0.3) is 11.4 Å². The summed E-state index contributed by atoms with van der Waals surface area (Å²) < 4.78 is 19.3. The minimum Gasteiger partial charge on any atom is -0.481 e. The Kier molecular flexibility index (Phi) is 24.2. The molecular weight excluding hydrogens is 437 g/mol. The highest BCUT2D eigenvalue weighted by Gasteiger charge is 2.19. The highest BCUT2D eigenvalue weighted by Crippen LogP contribution is 2.40. The Morgan fingerprint density at radius 3 is 1.45 bits per heavy atom. The molecule has 0 aliphatic carbocycles. The highest BCUT2D eigenvalue weighted by molar-refractivity contribution is 7.52. The largest absolute Gasteiger partial charge is 0.481 e. The smallest absolute Gasteiger partial charge is 0.327 e. The van der Waals surface area contributed by atoms with E-state index in [9.17, 15) is 29.6 Å². The van der Waals surface area contributed by atoms with Crippen LogP contribution in [0.15, 0.2) is 18.2 Å². The number of nitro groups is 2. The second-order valence-corrected chi connectivity index (χ2v) is 7.93. The van der Waals surface area contributed by atoms with Gasteiger partial charge in [-0.15, -0.1) is 0 Å². The summed E-state index contributed by atoms with van der Waals surface area (Å²) in [4.78, 5) is 30.9. The molecule has 0 aliphatic rings. The molecule has 1 rings (SSSR count). The monoisotopic (exact) mass is 471 g/mol. The Balaban J connectivity index is -0.000000172. The third kappa shape index (κ3) is 23.7. The molecule has 2 N–H and O–H groups in total. The van der Waals surface area contributed by atoms with Gasteiger partial charge in [0.05, 0.1) is 9.85 Å². The molecule has 0 atom stereocenters. The Labute approximate surface area is 182 Å². The number of rotatable bonds is 5. The van der Waals surface area contributed by atoms with Crippen molar-refractivity contribution >= 4 is 24.9 Å². The molecule has 1 aromatic carbocycles. The van der Waals surface area contributed by atoms with Crippen molar-refractivity contribution < 1.29 is 38.5 Å². The van der Waals surface area contributed by atoms with Gasteiger partial charge >= 0.3 is 13.6 Å². The van der Waals surface area contributed by atoms with Gasteiger partial charge in [0.1, 0.15) is 5.56 Å². The molecule has 31 heavy (non-hydrogen) atoms. The molecule has 0 unspecified atom stereocenters. The first-order chi connectivity index (χ1) is 14.2. The fourth-order valence-corrected chi connectivity index (χ4v) is 1.23. The van der Waals surface area contributed by atoms with Gasteiger partial charge in [0.15, 0.2) is 0 Å². The van der Waals surface area contributed by atoms with Crippen molar-refractivity contribution in [2.45, 2.75) is 20.3 Å². The van der Waals surface area contributed by atoms with Crippen LogP contribution >= 0.6 is 7.60 Å². The maximum Gasteiger partial charge on any atom is 0.327 e. The maximum atomic E-state index is 10.5. The number of aliphatic hydroxyl groups excluding tert-OH is 1. The number of aliphatic hydroxyl groups is 1. The molecule has 0 fully saturated rings. The summed E-state index contributed by atoms with van der Waals surface area (Å²) in [6.45, 7) is 4.37. The van der Waals surface area contributed by atoms with E-state index in [2.05, 4.69) is 9.05 Å². The van der Waals surface area contributed by atoms with Gasteiger partial charge in [0, 0.05) is 46.5 Å². The van der Waals surface area contributed by atoms with Gasteiger partial charge in [-0.2, -0.15) is 0 Å². The quantitative estimate of drug-likeness (QED) is 0.365. The normalized spacial score (nSPS) is 9.26. The fourth-order valence-electron chi connectivity index (χ4n) is 1.08. The first-order valence-corrected chi connectivity index (χ1v) is 10.5. The third-order valence-electron chi connectivity index (χ3n) is 2.64. The van der Waals surface area contributed by atoms with Crippen molar-refractivity contribution in [3.05, 3.63) is 44.0 Å². The number of benzene rings is 1. The number of carbonyl (C=O) groups is 1. The van der Waals surface area contributed by atoms with Crippen LogP contribution in [0, 0.1) is 27.2 Å². The lowest BCUT2D eigenvalue weighted by Gasteiger charge is -2.04. The molecule has 1 aromatic rings. The minimum absolute atomic E-state index is 0.0810. The molecule has 182 valence electrons. The van der Waals surface area contributed by atoms with Gasteiger partial charge in [-0.25, -0.2) is 0 Å². The first-order valence-electron chi connectivity index (χ1n) is 8.51. The van der Waals surface area contributed by atoms with Gasteiger partial charge in [-0.05, 0) is 34.1 Å². The van der Waals surface area contributed by atoms with E-state index >= 15 is 0 Å². The number of nitro benzene ring substituents is 2. The fraction of sp³-hybridized carbons (Fsp3) is 0.588. The number of carboxylic acid groups (broad SMARTS) is 1. The first kappa shape index (κ1) is 36.0. The molecule has 0 aliphatic heterocycles. The number of hydrogen-bond acceptors (Lipinski definition) is 10. The van der Waals surface area contributed by atoms with Crippen molar-refractivity contribution in [3.63, 3.8) is 0 Å². The van der Waals surface area contributed by atoms with Crippen LogP contribution in [0.2, 0.25) is 0 Å². The molecule has 0 heterocycles. The maximum absolute atomic E-state index is 10.5. The number of nitrogens with zero attached hydrogens (tertiary/aromatic N) is 3. The van der Waals surface area contributed by atoms with Gasteiger partial charge in [0.2, 0.25) is 0 Å². The lowest BCUT2D eigenvalue weighted by atomic mass is 10.1. The lowest BCUT2D eigenvalue weighted by molar-refractivity contribution is -0.395. The van der Waals surface area contributed by atoms with E-state index in [1.54, 1.807) is 6.92 Å². The van der Waals surface area contributed by atoms with E-state index in [0.717, 1.165) is 7.11 Å². The molecule has 0 saturated carbocycles. The zero-order valence-electron chi connectivity index (χ0n) is 19.4. The minimum atomic E-state index is -2.65. The molecule has 0 aromatic heterocycles. The second-order valence-electron chi connectivity index (χ2n) is 5.66. The van der Waals surface area contributed by atoms with Crippen molar-refractivity contribution in [2.75, 3.05) is 49.1 Å².